The van der Waals surface area contributed by atoms with Crippen molar-refractivity contribution >= 4 is 13.0 Å². The average Bonchev–Trinajstić information content (AvgIpc) is 1.38. The van der Waals surface area contributed by atoms with Gasteiger partial charge in [-0.2, -0.15) is 0 Å². The van der Waals surface area contributed by atoms with Gasteiger partial charge in [-0.3, -0.25) is 0 Å². The van der Waals surface area contributed by atoms with E-state index in [0.29, 0.717) is 7.28 Å². The molecule has 0 bridgehead atoms. The third kappa shape index (κ3) is 3.73. The summed E-state index contributed by atoms with van der Waals surface area (Å²) in [7, 11) is 0.667. The summed E-state index contributed by atoms with van der Waals surface area (Å²) in [6.07, 6.45) is 0. The molecule has 0 N–H and O–H groups in total. The van der Waals surface area contributed by atoms with E-state index in [1.165, 1.54) is 0 Å². The highest BCUT2D eigenvalue weighted by Crippen LogP contribution is 1.56. The molecule has 0 fully saturated rings. The first kappa shape index (κ1) is 4.73. The van der Waals surface area contributed by atoms with Gasteiger partial charge in [-0.15, -0.1) is 0 Å². The van der Waals surface area contributed by atoms with E-state index in [1.807, 2.05) is 6.82 Å². The zero-order valence-electron chi connectivity index (χ0n) is 3.62. The molecule has 0 spiro atoms. The van der Waals surface area contributed by atoms with Gasteiger partial charge in [0, 0.05) is 0 Å². The van der Waals surface area contributed by atoms with Crippen molar-refractivity contribution in [2.75, 3.05) is 0 Å². The monoisotopic (exact) mass is 70.1 g/mol. The zero-order valence-corrected chi connectivity index (χ0v) is 3.62. The van der Waals surface area contributed by atoms with Crippen LogP contribution in [0, 0.1) is 0 Å². The summed E-state index contributed by atoms with van der Waals surface area (Å²) in [5.41, 5.74) is 0.255. The first-order valence-electron chi connectivity index (χ1n) is 1.76. The van der Waals surface area contributed by atoms with Crippen LogP contribution in [-0.2, 0) is 4.79 Å². The second kappa shape index (κ2) is 2.00. The summed E-state index contributed by atoms with van der Waals surface area (Å²) in [6.45, 7) is 3.43. The minimum atomic E-state index is 0.255. The minimum absolute atomic E-state index is 0.255. The lowest BCUT2D eigenvalue weighted by atomic mass is 9.78. The molecule has 0 heterocycles. The molecule has 0 aliphatic rings. The Bertz CT molecular complexity index is 42.2. The largest absolute Gasteiger partial charge is 0.312 e. The minimum Gasteiger partial charge on any atom is -0.312 e. The van der Waals surface area contributed by atoms with E-state index in [1.54, 1.807) is 6.92 Å². The Morgan fingerprint density at radius 1 is 1.80 bits per heavy atom. The van der Waals surface area contributed by atoms with Crippen molar-refractivity contribution in [2.24, 2.45) is 0 Å². The molecule has 0 saturated heterocycles. The highest BCUT2D eigenvalue weighted by molar-refractivity contribution is 6.72. The predicted octanol–water partition coefficient (Wildman–Crippen LogP) is 0.0175. The molecule has 0 rings (SSSR count). The molecule has 1 nitrogen and oxygen atoms in total. The van der Waals surface area contributed by atoms with E-state index in [9.17, 15) is 4.79 Å². The van der Waals surface area contributed by atoms with E-state index < -0.39 is 0 Å². The Morgan fingerprint density at radius 2 is 2.00 bits per heavy atom. The molecule has 0 aliphatic carbocycles. The fourth-order valence-corrected chi connectivity index (χ4v) is 0. The van der Waals surface area contributed by atoms with Crippen LogP contribution in [0.1, 0.15) is 6.92 Å². The van der Waals surface area contributed by atoms with Crippen molar-refractivity contribution in [2.45, 2.75) is 13.7 Å². The van der Waals surface area contributed by atoms with Gasteiger partial charge in [0.25, 0.3) is 0 Å². The van der Waals surface area contributed by atoms with Gasteiger partial charge in [0.05, 0.1) is 5.68 Å². The normalized spacial score (nSPS) is 6.80. The van der Waals surface area contributed by atoms with Gasteiger partial charge >= 0.3 is 0 Å². The van der Waals surface area contributed by atoms with Gasteiger partial charge in [0.15, 0.2) is 0 Å². The van der Waals surface area contributed by atoms with Crippen LogP contribution < -0.4 is 0 Å². The van der Waals surface area contributed by atoms with Crippen LogP contribution in [0.3, 0.4) is 0 Å². The maximum atomic E-state index is 9.81. The van der Waals surface area contributed by atoms with Crippen molar-refractivity contribution in [3.8, 4) is 0 Å². The average molecular weight is 69.9 g/mol. The van der Waals surface area contributed by atoms with E-state index in [0.717, 1.165) is 0 Å². The molecule has 0 radical (unpaired) electrons. The van der Waals surface area contributed by atoms with Gasteiger partial charge < -0.3 is 4.79 Å². The van der Waals surface area contributed by atoms with Crippen LogP contribution in [0.5, 0.6) is 0 Å². The molecule has 0 aromatic heterocycles. The number of carbonyl (C=O) groups is 1. The maximum absolute atomic E-state index is 9.81. The Labute approximate surface area is 32.6 Å². The molecule has 28 valence electrons. The quantitative estimate of drug-likeness (QED) is 0.397. The molecular formula is C3H7BO. The molecule has 0 aromatic carbocycles. The maximum Gasteiger partial charge on any atom is 0.201 e. The highest BCUT2D eigenvalue weighted by atomic mass is 16.1. The van der Waals surface area contributed by atoms with Crippen molar-refractivity contribution in [3.05, 3.63) is 0 Å². The van der Waals surface area contributed by atoms with E-state index in [2.05, 4.69) is 0 Å². The fourth-order valence-electron chi connectivity index (χ4n) is 0. The third-order valence-electron chi connectivity index (χ3n) is 0.498. The van der Waals surface area contributed by atoms with E-state index >= 15 is 0 Å². The van der Waals surface area contributed by atoms with Gasteiger partial charge in [0.2, 0.25) is 7.28 Å². The van der Waals surface area contributed by atoms with Crippen molar-refractivity contribution in [1.29, 1.82) is 0 Å². The van der Waals surface area contributed by atoms with Crippen LogP contribution in [-0.4, -0.2) is 13.0 Å². The highest BCUT2D eigenvalue weighted by Gasteiger charge is 1.81. The summed E-state index contributed by atoms with van der Waals surface area (Å²) in [4.78, 5) is 9.81. The Balaban J connectivity index is 2.85. The van der Waals surface area contributed by atoms with E-state index in [-0.39, 0.29) is 5.68 Å². The molecule has 0 atom stereocenters. The lowest BCUT2D eigenvalue weighted by molar-refractivity contribution is -0.110. The molecule has 0 aliphatic heterocycles. The Morgan fingerprint density at radius 3 is 2.00 bits per heavy atom. The van der Waals surface area contributed by atoms with Gasteiger partial charge in [-0.05, 0) is 6.92 Å². The number of hydrogen-bond donors (Lipinski definition) is 0. The molecule has 0 saturated carbocycles. The predicted molar refractivity (Wildman–Crippen MR) is 23.7 cm³/mol. The third-order valence-corrected chi connectivity index (χ3v) is 0.498. The Kier molecular flexibility index (Phi) is 1.90. The second-order valence-electron chi connectivity index (χ2n) is 1.06. The molecule has 0 unspecified atom stereocenters. The van der Waals surface area contributed by atoms with Crippen molar-refractivity contribution in [1.82, 2.24) is 0 Å². The summed E-state index contributed by atoms with van der Waals surface area (Å²) in [5, 5.41) is 0. The van der Waals surface area contributed by atoms with E-state index in [4.69, 9.17) is 0 Å². The topological polar surface area (TPSA) is 17.1 Å². The summed E-state index contributed by atoms with van der Waals surface area (Å²) >= 11 is 0. The SMILES string of the molecule is CBC(C)=O. The molecular weight excluding hydrogens is 62.8 g/mol. The van der Waals surface area contributed by atoms with Crippen molar-refractivity contribution < 1.29 is 4.79 Å². The van der Waals surface area contributed by atoms with Crippen LogP contribution in [0.4, 0.5) is 0 Å². The number of hydrogen-bond acceptors (Lipinski definition) is 1. The van der Waals surface area contributed by atoms with Crippen LogP contribution in [0.2, 0.25) is 6.82 Å². The van der Waals surface area contributed by atoms with Gasteiger partial charge in [0.1, 0.15) is 0 Å². The smallest absolute Gasteiger partial charge is 0.201 e. The second-order valence-corrected chi connectivity index (χ2v) is 1.06. The fraction of sp³-hybridized carbons (Fsp3) is 0.667. The first-order chi connectivity index (χ1) is 2.27. The molecule has 2 heteroatoms. The number of carbonyl (C=O) groups excluding carboxylic acids is 1. The van der Waals surface area contributed by atoms with Crippen LogP contribution >= 0.6 is 0 Å². The lowest BCUT2D eigenvalue weighted by Crippen LogP contribution is -1.94. The number of rotatable bonds is 1. The standard InChI is InChI=1S/C3H7BO/c1-3(5)4-2/h4H,1-2H3. The zero-order chi connectivity index (χ0) is 4.28. The molecule has 0 aromatic rings. The van der Waals surface area contributed by atoms with Gasteiger partial charge in [-0.1, -0.05) is 6.82 Å². The molecule has 5 heavy (non-hydrogen) atoms. The summed E-state index contributed by atoms with van der Waals surface area (Å²) in [5.74, 6) is 0. The first-order valence-corrected chi connectivity index (χ1v) is 1.76. The lowest BCUT2D eigenvalue weighted by Gasteiger charge is -1.68. The van der Waals surface area contributed by atoms with Crippen LogP contribution in [0.15, 0.2) is 0 Å². The summed E-state index contributed by atoms with van der Waals surface area (Å²) in [6, 6.07) is 0. The summed E-state index contributed by atoms with van der Waals surface area (Å²) < 4.78 is 0. The van der Waals surface area contributed by atoms with Gasteiger partial charge in [-0.25, -0.2) is 0 Å². The Hall–Kier alpha value is -0.265. The van der Waals surface area contributed by atoms with Crippen molar-refractivity contribution in [3.63, 3.8) is 0 Å². The molecule has 0 amide bonds. The van der Waals surface area contributed by atoms with Crippen LogP contribution in [0.25, 0.3) is 0 Å².